The normalized spacial score (nSPS) is 17.9. The number of rotatable bonds is 5. The predicted octanol–water partition coefficient (Wildman–Crippen LogP) is 5.31. The van der Waals surface area contributed by atoms with Crippen molar-refractivity contribution in [2.45, 2.75) is 49.8 Å². The molecule has 2 aromatic heterocycles. The molecule has 162 valence electrons. The number of aromatic nitrogens is 3. The molecule has 4 aromatic rings. The molecule has 1 atom stereocenters. The molecule has 0 radical (unpaired) electrons. The van der Waals surface area contributed by atoms with E-state index in [9.17, 15) is 4.79 Å². The molecule has 0 N–H and O–H groups in total. The molecule has 2 aromatic carbocycles. The molecule has 5 rings (SSSR count). The van der Waals surface area contributed by atoms with Crippen LogP contribution in [0.2, 0.25) is 0 Å². The minimum atomic E-state index is -0.225. The van der Waals surface area contributed by atoms with Gasteiger partial charge in [0.2, 0.25) is 0 Å². The van der Waals surface area contributed by atoms with Crippen molar-refractivity contribution in [3.63, 3.8) is 0 Å². The van der Waals surface area contributed by atoms with Gasteiger partial charge in [-0.3, -0.25) is 9.36 Å². The summed E-state index contributed by atoms with van der Waals surface area (Å²) in [4.78, 5) is 23.4. The predicted molar refractivity (Wildman–Crippen MR) is 128 cm³/mol. The fraction of sp³-hybridized carbons (Fsp3) is 0.269. The Morgan fingerprint density at radius 3 is 2.50 bits per heavy atom. The third-order valence-electron chi connectivity index (χ3n) is 6.09. The highest BCUT2D eigenvalue weighted by atomic mass is 32.2. The molecule has 1 aliphatic rings. The highest BCUT2D eigenvalue weighted by Crippen LogP contribution is 2.31. The molecule has 0 amide bonds. The minimum Gasteiger partial charge on any atom is -0.370 e. The summed E-state index contributed by atoms with van der Waals surface area (Å²) in [6.07, 6.45) is 1.64. The van der Waals surface area contributed by atoms with Crippen LogP contribution in [-0.2, 0) is 23.5 Å². The zero-order valence-corrected chi connectivity index (χ0v) is 19.1. The van der Waals surface area contributed by atoms with E-state index in [2.05, 4.69) is 26.0 Å². The Morgan fingerprint density at radius 2 is 1.78 bits per heavy atom. The summed E-state index contributed by atoms with van der Waals surface area (Å²) in [7, 11) is 0. The molecule has 0 saturated carbocycles. The van der Waals surface area contributed by atoms with E-state index in [4.69, 9.17) is 14.7 Å². The number of pyridine rings is 1. The number of ether oxygens (including phenoxy) is 1. The maximum atomic E-state index is 13.7. The lowest BCUT2D eigenvalue weighted by Crippen LogP contribution is -2.35. The summed E-state index contributed by atoms with van der Waals surface area (Å²) in [5.41, 5.74) is 4.13. The van der Waals surface area contributed by atoms with Gasteiger partial charge in [0.25, 0.3) is 5.56 Å². The molecule has 0 aliphatic carbocycles. The molecular formula is C26H25N3O2S. The number of hydrogen-bond acceptors (Lipinski definition) is 5. The Bertz CT molecular complexity index is 1320. The molecule has 0 spiro atoms. The van der Waals surface area contributed by atoms with Gasteiger partial charge in [0, 0.05) is 17.7 Å². The van der Waals surface area contributed by atoms with Crippen molar-refractivity contribution in [3.8, 4) is 5.69 Å². The Labute approximate surface area is 191 Å². The van der Waals surface area contributed by atoms with E-state index in [1.807, 2.05) is 54.6 Å². The van der Waals surface area contributed by atoms with E-state index in [-0.39, 0.29) is 11.2 Å². The van der Waals surface area contributed by atoms with Crippen molar-refractivity contribution in [1.82, 2.24) is 14.5 Å². The van der Waals surface area contributed by atoms with Crippen molar-refractivity contribution >= 4 is 22.8 Å². The van der Waals surface area contributed by atoms with Crippen LogP contribution >= 0.6 is 11.8 Å². The number of benzene rings is 2. The van der Waals surface area contributed by atoms with E-state index < -0.39 is 0 Å². The number of nitrogens with zero attached hydrogens (tertiary/aromatic N) is 3. The molecule has 32 heavy (non-hydrogen) atoms. The van der Waals surface area contributed by atoms with Crippen LogP contribution in [0.1, 0.15) is 37.1 Å². The zero-order valence-electron chi connectivity index (χ0n) is 18.2. The van der Waals surface area contributed by atoms with Gasteiger partial charge in [-0.1, -0.05) is 67.2 Å². The van der Waals surface area contributed by atoms with Gasteiger partial charge in [-0.25, -0.2) is 9.97 Å². The smallest absolute Gasteiger partial charge is 0.268 e. The zero-order chi connectivity index (χ0) is 22.1. The standard InChI is InChI=1S/C26H25N3O2S/c1-3-26(2)15-22-19(16-31-26)14-21-23(27-22)28-25(32-17-18-10-6-4-7-11-18)29(24(21)30)20-12-8-5-9-13-20/h4-14H,3,15-17H2,1-2H3/t26-/m1/s1. The molecule has 5 nitrogen and oxygen atoms in total. The van der Waals surface area contributed by atoms with Crippen molar-refractivity contribution in [3.05, 3.63) is 93.9 Å². The summed E-state index contributed by atoms with van der Waals surface area (Å²) >= 11 is 1.55. The second-order valence-corrected chi connectivity index (χ2v) is 9.32. The van der Waals surface area contributed by atoms with Gasteiger partial charge in [-0.05, 0) is 37.1 Å². The maximum absolute atomic E-state index is 13.7. The van der Waals surface area contributed by atoms with Gasteiger partial charge in [0.05, 0.1) is 29.0 Å². The lowest BCUT2D eigenvalue weighted by molar-refractivity contribution is -0.0573. The largest absolute Gasteiger partial charge is 0.370 e. The Kier molecular flexibility index (Phi) is 5.57. The Hall–Kier alpha value is -2.96. The van der Waals surface area contributed by atoms with Gasteiger partial charge in [0.1, 0.15) is 0 Å². The minimum absolute atomic E-state index is 0.101. The maximum Gasteiger partial charge on any atom is 0.268 e. The van der Waals surface area contributed by atoms with Gasteiger partial charge in [0.15, 0.2) is 10.8 Å². The molecule has 0 fully saturated rings. The number of fused-ring (bicyclic) bond motifs is 2. The fourth-order valence-electron chi connectivity index (χ4n) is 3.96. The van der Waals surface area contributed by atoms with Gasteiger partial charge in [-0.2, -0.15) is 0 Å². The average Bonchev–Trinajstić information content (AvgIpc) is 2.83. The number of para-hydroxylation sites is 1. The van der Waals surface area contributed by atoms with E-state index in [0.29, 0.717) is 22.8 Å². The van der Waals surface area contributed by atoms with Crippen LogP contribution < -0.4 is 5.56 Å². The first-order valence-corrected chi connectivity index (χ1v) is 11.9. The van der Waals surface area contributed by atoms with Crippen LogP contribution in [-0.4, -0.2) is 20.1 Å². The summed E-state index contributed by atoms with van der Waals surface area (Å²) in [6, 6.07) is 21.8. The highest BCUT2D eigenvalue weighted by Gasteiger charge is 2.31. The molecule has 0 saturated heterocycles. The summed E-state index contributed by atoms with van der Waals surface area (Å²) in [5, 5.41) is 1.18. The lowest BCUT2D eigenvalue weighted by atomic mass is 9.91. The first-order chi connectivity index (χ1) is 15.6. The molecule has 6 heteroatoms. The van der Waals surface area contributed by atoms with Gasteiger partial charge < -0.3 is 4.74 Å². The number of thioether (sulfide) groups is 1. The molecule has 1 aliphatic heterocycles. The highest BCUT2D eigenvalue weighted by molar-refractivity contribution is 7.98. The van der Waals surface area contributed by atoms with Crippen LogP contribution in [0.3, 0.4) is 0 Å². The van der Waals surface area contributed by atoms with E-state index in [1.165, 1.54) is 5.56 Å². The summed E-state index contributed by atoms with van der Waals surface area (Å²) in [5.74, 6) is 0.721. The van der Waals surface area contributed by atoms with Crippen LogP contribution in [0.5, 0.6) is 0 Å². The van der Waals surface area contributed by atoms with E-state index in [1.54, 1.807) is 16.3 Å². The van der Waals surface area contributed by atoms with Crippen molar-refractivity contribution < 1.29 is 4.74 Å². The summed E-state index contributed by atoms with van der Waals surface area (Å²) < 4.78 is 7.78. The van der Waals surface area contributed by atoms with Crippen LogP contribution in [0.25, 0.3) is 16.7 Å². The van der Waals surface area contributed by atoms with E-state index in [0.717, 1.165) is 35.5 Å². The third-order valence-corrected chi connectivity index (χ3v) is 7.10. The van der Waals surface area contributed by atoms with Gasteiger partial charge >= 0.3 is 0 Å². The van der Waals surface area contributed by atoms with Crippen molar-refractivity contribution in [2.24, 2.45) is 0 Å². The third kappa shape index (κ3) is 3.96. The molecule has 3 heterocycles. The first-order valence-electron chi connectivity index (χ1n) is 10.9. The van der Waals surface area contributed by atoms with Crippen LogP contribution in [0.15, 0.2) is 76.7 Å². The molecule has 0 unspecified atom stereocenters. The van der Waals surface area contributed by atoms with Gasteiger partial charge in [-0.15, -0.1) is 0 Å². The molecule has 0 bridgehead atoms. The average molecular weight is 444 g/mol. The van der Waals surface area contributed by atoms with E-state index >= 15 is 0 Å². The lowest BCUT2D eigenvalue weighted by Gasteiger charge is -2.33. The molecular weight excluding hydrogens is 418 g/mol. The Morgan fingerprint density at radius 1 is 1.06 bits per heavy atom. The monoisotopic (exact) mass is 443 g/mol. The Balaban J connectivity index is 1.65. The first kappa shape index (κ1) is 20.9. The summed E-state index contributed by atoms with van der Waals surface area (Å²) in [6.45, 7) is 4.71. The number of hydrogen-bond donors (Lipinski definition) is 0. The quantitative estimate of drug-likeness (QED) is 0.309. The second-order valence-electron chi connectivity index (χ2n) is 8.38. The fourth-order valence-corrected chi connectivity index (χ4v) is 4.92. The van der Waals surface area contributed by atoms with Crippen LogP contribution in [0, 0.1) is 0 Å². The van der Waals surface area contributed by atoms with Crippen molar-refractivity contribution in [2.75, 3.05) is 0 Å². The topological polar surface area (TPSA) is 57.0 Å². The second kappa shape index (κ2) is 8.52. The SMILES string of the molecule is CC[C@]1(C)Cc2nc3nc(SCc4ccccc4)n(-c4ccccc4)c(=O)c3cc2CO1. The van der Waals surface area contributed by atoms with Crippen molar-refractivity contribution in [1.29, 1.82) is 0 Å². The van der Waals surface area contributed by atoms with Crippen LogP contribution in [0.4, 0.5) is 0 Å².